The minimum absolute atomic E-state index is 0.0252. The van der Waals surface area contributed by atoms with Crippen LogP contribution in [0.25, 0.3) is 0 Å². The van der Waals surface area contributed by atoms with Gasteiger partial charge in [0.2, 0.25) is 11.8 Å². The minimum atomic E-state index is -4.35. The molecule has 4 aromatic rings. The Kier molecular flexibility index (Phi) is 11.9. The van der Waals surface area contributed by atoms with E-state index in [2.05, 4.69) is 5.32 Å². The summed E-state index contributed by atoms with van der Waals surface area (Å²) in [4.78, 5) is 30.4. The zero-order valence-corrected chi connectivity index (χ0v) is 29.5. The maximum absolute atomic E-state index is 14.8. The number of halogens is 1. The molecular formula is C38H42ClN3O6S. The molecular weight excluding hydrogens is 662 g/mol. The number of methoxy groups -OCH3 is 2. The Labute approximate surface area is 293 Å². The molecule has 0 heterocycles. The first kappa shape index (κ1) is 35.8. The van der Waals surface area contributed by atoms with Crippen molar-refractivity contribution in [2.75, 3.05) is 25.1 Å². The third-order valence-corrected chi connectivity index (χ3v) is 10.9. The standard InChI is InChI=1S/C38H42ClN3O6S/c1-27-11-7-8-14-29(27)25-41(34(23-28-12-5-4-6-13-28)38(44)40-31-15-9-10-16-31)37(43)26-42(32-19-17-30(39)18-20-32)49(45,46)33-21-22-35(47-2)36(24-33)48-3/h4-8,11-14,17-22,24,31,34H,9-10,15-16,23,25-26H2,1-3H3,(H,40,44)/t34-/m0/s1. The molecule has 9 nitrogen and oxygen atoms in total. The van der Waals surface area contributed by atoms with Crippen LogP contribution in [0.15, 0.2) is 102 Å². The van der Waals surface area contributed by atoms with E-state index in [0.717, 1.165) is 46.7 Å². The van der Waals surface area contributed by atoms with Gasteiger partial charge in [-0.05, 0) is 72.9 Å². The molecule has 0 aliphatic heterocycles. The fourth-order valence-corrected chi connectivity index (χ4v) is 7.69. The Hall–Kier alpha value is -4.54. The molecule has 1 saturated carbocycles. The van der Waals surface area contributed by atoms with Gasteiger partial charge in [-0.2, -0.15) is 0 Å². The van der Waals surface area contributed by atoms with Crippen molar-refractivity contribution in [2.45, 2.75) is 62.6 Å². The number of amides is 2. The van der Waals surface area contributed by atoms with E-state index in [-0.39, 0.29) is 41.2 Å². The summed E-state index contributed by atoms with van der Waals surface area (Å²) in [6.45, 7) is 1.47. The molecule has 5 rings (SSSR count). The number of ether oxygens (including phenoxy) is 2. The van der Waals surface area contributed by atoms with Crippen LogP contribution in [0.3, 0.4) is 0 Å². The van der Waals surface area contributed by atoms with Gasteiger partial charge in [-0.25, -0.2) is 8.42 Å². The van der Waals surface area contributed by atoms with Crippen LogP contribution in [0.4, 0.5) is 5.69 Å². The van der Waals surface area contributed by atoms with Crippen LogP contribution >= 0.6 is 11.6 Å². The lowest BCUT2D eigenvalue weighted by Gasteiger charge is -2.34. The van der Waals surface area contributed by atoms with Crippen LogP contribution in [-0.2, 0) is 32.6 Å². The number of rotatable bonds is 14. The summed E-state index contributed by atoms with van der Waals surface area (Å²) >= 11 is 6.19. The first-order chi connectivity index (χ1) is 23.6. The second-order valence-corrected chi connectivity index (χ2v) is 14.4. The molecule has 1 aliphatic carbocycles. The highest BCUT2D eigenvalue weighted by molar-refractivity contribution is 7.92. The van der Waals surface area contributed by atoms with Gasteiger partial charge >= 0.3 is 0 Å². The van der Waals surface area contributed by atoms with E-state index in [1.807, 2.05) is 61.5 Å². The van der Waals surface area contributed by atoms with Crippen LogP contribution in [0.2, 0.25) is 5.02 Å². The molecule has 0 bridgehead atoms. The van der Waals surface area contributed by atoms with Gasteiger partial charge in [0.25, 0.3) is 10.0 Å². The SMILES string of the molecule is COc1ccc(S(=O)(=O)N(CC(=O)N(Cc2ccccc2C)[C@@H](Cc2ccccc2)C(=O)NC2CCCC2)c2ccc(Cl)cc2)cc1OC. The van der Waals surface area contributed by atoms with E-state index < -0.39 is 28.5 Å². The number of nitrogens with one attached hydrogen (secondary N) is 1. The molecule has 1 N–H and O–H groups in total. The number of hydrogen-bond donors (Lipinski definition) is 1. The molecule has 0 unspecified atom stereocenters. The Morgan fingerprint density at radius 3 is 2.18 bits per heavy atom. The number of aryl methyl sites for hydroxylation is 1. The summed E-state index contributed by atoms with van der Waals surface area (Å²) in [7, 11) is -1.47. The second-order valence-electron chi connectivity index (χ2n) is 12.1. The number of benzene rings is 4. The summed E-state index contributed by atoms with van der Waals surface area (Å²) in [6, 6.07) is 26.8. The Morgan fingerprint density at radius 1 is 0.878 bits per heavy atom. The van der Waals surface area contributed by atoms with Gasteiger partial charge in [0, 0.05) is 30.1 Å². The largest absolute Gasteiger partial charge is 0.493 e. The predicted octanol–water partition coefficient (Wildman–Crippen LogP) is 6.56. The summed E-state index contributed by atoms with van der Waals surface area (Å²) < 4.78 is 40.6. The van der Waals surface area contributed by atoms with Gasteiger partial charge in [-0.15, -0.1) is 0 Å². The lowest BCUT2D eigenvalue weighted by Crippen LogP contribution is -2.54. The van der Waals surface area contributed by atoms with Crippen LogP contribution in [0.1, 0.15) is 42.4 Å². The molecule has 0 spiro atoms. The van der Waals surface area contributed by atoms with Gasteiger partial charge in [-0.3, -0.25) is 13.9 Å². The van der Waals surface area contributed by atoms with Crippen molar-refractivity contribution in [3.05, 3.63) is 119 Å². The summed E-state index contributed by atoms with van der Waals surface area (Å²) in [5.41, 5.74) is 2.91. The van der Waals surface area contributed by atoms with Crippen LogP contribution in [0.5, 0.6) is 11.5 Å². The third-order valence-electron chi connectivity index (χ3n) is 8.91. The normalized spacial score (nSPS) is 13.8. The monoisotopic (exact) mass is 703 g/mol. The Morgan fingerprint density at radius 2 is 1.53 bits per heavy atom. The van der Waals surface area contributed by atoms with E-state index in [1.54, 1.807) is 24.3 Å². The zero-order chi connectivity index (χ0) is 35.0. The molecule has 11 heteroatoms. The first-order valence-corrected chi connectivity index (χ1v) is 18.1. The third kappa shape index (κ3) is 8.74. The number of hydrogen-bond acceptors (Lipinski definition) is 6. The summed E-state index contributed by atoms with van der Waals surface area (Å²) in [5, 5.41) is 3.61. The minimum Gasteiger partial charge on any atom is -0.493 e. The maximum Gasteiger partial charge on any atom is 0.264 e. The topological polar surface area (TPSA) is 105 Å². The summed E-state index contributed by atoms with van der Waals surface area (Å²) in [5.74, 6) is -0.223. The van der Waals surface area contributed by atoms with Crippen LogP contribution < -0.4 is 19.1 Å². The fraction of sp³-hybridized carbons (Fsp3) is 0.316. The number of carbonyl (C=O) groups is 2. The highest BCUT2D eigenvalue weighted by atomic mass is 35.5. The van der Waals surface area contributed by atoms with E-state index in [1.165, 1.54) is 37.3 Å². The average molecular weight is 704 g/mol. The Balaban J connectivity index is 1.59. The first-order valence-electron chi connectivity index (χ1n) is 16.3. The molecule has 258 valence electrons. The van der Waals surface area contributed by atoms with E-state index >= 15 is 0 Å². The number of carbonyl (C=O) groups excluding carboxylic acids is 2. The molecule has 1 fully saturated rings. The average Bonchev–Trinajstić information content (AvgIpc) is 3.63. The van der Waals surface area contributed by atoms with Crippen molar-refractivity contribution in [2.24, 2.45) is 0 Å². The molecule has 4 aromatic carbocycles. The van der Waals surface area contributed by atoms with Crippen molar-refractivity contribution >= 4 is 39.1 Å². The van der Waals surface area contributed by atoms with Crippen molar-refractivity contribution in [1.29, 1.82) is 0 Å². The van der Waals surface area contributed by atoms with Gasteiger partial charge in [-0.1, -0.05) is 79.0 Å². The molecule has 0 aromatic heterocycles. The predicted molar refractivity (Wildman–Crippen MR) is 192 cm³/mol. The number of anilines is 1. The van der Waals surface area contributed by atoms with Gasteiger partial charge in [0.1, 0.15) is 12.6 Å². The Bertz CT molecular complexity index is 1850. The van der Waals surface area contributed by atoms with Crippen LogP contribution in [0, 0.1) is 6.92 Å². The summed E-state index contributed by atoms with van der Waals surface area (Å²) in [6.07, 6.45) is 4.07. The lowest BCUT2D eigenvalue weighted by molar-refractivity contribution is -0.140. The molecule has 1 aliphatic rings. The zero-order valence-electron chi connectivity index (χ0n) is 28.0. The van der Waals surface area contributed by atoms with Crippen molar-refractivity contribution < 1.29 is 27.5 Å². The van der Waals surface area contributed by atoms with Gasteiger partial charge in [0.05, 0.1) is 24.8 Å². The van der Waals surface area contributed by atoms with Crippen molar-refractivity contribution in [3.63, 3.8) is 0 Å². The smallest absolute Gasteiger partial charge is 0.264 e. The van der Waals surface area contributed by atoms with E-state index in [0.29, 0.717) is 10.8 Å². The quantitative estimate of drug-likeness (QED) is 0.160. The maximum atomic E-state index is 14.8. The molecule has 0 saturated heterocycles. The highest BCUT2D eigenvalue weighted by Gasteiger charge is 2.36. The van der Waals surface area contributed by atoms with Crippen molar-refractivity contribution in [1.82, 2.24) is 10.2 Å². The van der Waals surface area contributed by atoms with E-state index in [4.69, 9.17) is 21.1 Å². The molecule has 2 amide bonds. The van der Waals surface area contributed by atoms with Crippen molar-refractivity contribution in [3.8, 4) is 11.5 Å². The molecule has 49 heavy (non-hydrogen) atoms. The fourth-order valence-electron chi connectivity index (χ4n) is 6.13. The number of nitrogens with zero attached hydrogens (tertiary/aromatic N) is 2. The van der Waals surface area contributed by atoms with E-state index in [9.17, 15) is 18.0 Å². The second kappa shape index (κ2) is 16.2. The lowest BCUT2D eigenvalue weighted by atomic mass is 10.0. The number of sulfonamides is 1. The highest BCUT2D eigenvalue weighted by Crippen LogP contribution is 2.33. The van der Waals surface area contributed by atoms with Gasteiger partial charge in [0.15, 0.2) is 11.5 Å². The van der Waals surface area contributed by atoms with Gasteiger partial charge < -0.3 is 19.7 Å². The van der Waals surface area contributed by atoms with Crippen LogP contribution in [-0.4, -0.2) is 58.0 Å². The molecule has 0 radical (unpaired) electrons. The molecule has 1 atom stereocenters.